The average Bonchev–Trinajstić information content (AvgIpc) is 2.52. The van der Waals surface area contributed by atoms with Gasteiger partial charge in [-0.15, -0.1) is 0 Å². The maximum atomic E-state index is 12.9. The van der Waals surface area contributed by atoms with E-state index in [4.69, 9.17) is 5.11 Å². The number of alkyl halides is 6. The molecule has 2 aromatic rings. The van der Waals surface area contributed by atoms with E-state index in [-0.39, 0.29) is 16.8 Å². The molecular formula is C16H10F6N2O3. The summed E-state index contributed by atoms with van der Waals surface area (Å²) < 4.78 is 76.6. The summed E-state index contributed by atoms with van der Waals surface area (Å²) in [5.41, 5.74) is -2.93. The van der Waals surface area contributed by atoms with Crippen LogP contribution in [0, 0.1) is 0 Å². The van der Waals surface area contributed by atoms with Crippen LogP contribution >= 0.6 is 0 Å². The van der Waals surface area contributed by atoms with Gasteiger partial charge < -0.3 is 10.4 Å². The number of carbonyl (C=O) groups is 2. The normalized spacial score (nSPS) is 11.9. The Labute approximate surface area is 147 Å². The van der Waals surface area contributed by atoms with Crippen LogP contribution in [0.5, 0.6) is 0 Å². The van der Waals surface area contributed by atoms with Crippen LogP contribution in [-0.4, -0.2) is 22.0 Å². The van der Waals surface area contributed by atoms with Gasteiger partial charge >= 0.3 is 18.3 Å². The van der Waals surface area contributed by atoms with E-state index >= 15 is 0 Å². The van der Waals surface area contributed by atoms with Gasteiger partial charge in [0.15, 0.2) is 0 Å². The van der Waals surface area contributed by atoms with Crippen LogP contribution in [0.15, 0.2) is 36.5 Å². The third-order valence-electron chi connectivity index (χ3n) is 3.30. The minimum Gasteiger partial charge on any atom is -0.481 e. The number of carboxylic acid groups (broad SMARTS) is 1. The van der Waals surface area contributed by atoms with E-state index in [1.165, 1.54) is 0 Å². The van der Waals surface area contributed by atoms with Crippen molar-refractivity contribution in [1.29, 1.82) is 0 Å². The van der Waals surface area contributed by atoms with Crippen molar-refractivity contribution in [1.82, 2.24) is 4.98 Å². The second-order valence-corrected chi connectivity index (χ2v) is 5.31. The first kappa shape index (κ1) is 20.2. The number of carbonyl (C=O) groups excluding carboxylic acids is 1. The van der Waals surface area contributed by atoms with Crippen molar-refractivity contribution in [2.24, 2.45) is 0 Å². The van der Waals surface area contributed by atoms with Crippen molar-refractivity contribution < 1.29 is 41.0 Å². The molecule has 1 aromatic carbocycles. The summed E-state index contributed by atoms with van der Waals surface area (Å²) in [6.45, 7) is 0. The number of hydrogen-bond donors (Lipinski definition) is 2. The summed E-state index contributed by atoms with van der Waals surface area (Å²) in [5, 5.41) is 10.7. The number of hydrogen-bond acceptors (Lipinski definition) is 3. The molecule has 1 amide bonds. The number of nitrogens with one attached hydrogen (secondary N) is 1. The highest BCUT2D eigenvalue weighted by Crippen LogP contribution is 2.37. The molecule has 0 aliphatic carbocycles. The maximum Gasteiger partial charge on any atom is 0.433 e. The number of aliphatic carboxylic acids is 1. The number of benzene rings is 1. The molecule has 1 heterocycles. The molecule has 144 valence electrons. The molecular weight excluding hydrogens is 382 g/mol. The second-order valence-electron chi connectivity index (χ2n) is 5.31. The van der Waals surface area contributed by atoms with Crippen LogP contribution in [-0.2, 0) is 21.9 Å². The fourth-order valence-corrected chi connectivity index (χ4v) is 2.12. The van der Waals surface area contributed by atoms with Crippen molar-refractivity contribution >= 4 is 17.6 Å². The summed E-state index contributed by atoms with van der Waals surface area (Å²) in [6, 6.07) is 3.64. The molecule has 0 unspecified atom stereocenters. The highest BCUT2D eigenvalue weighted by molar-refractivity contribution is 6.03. The SMILES string of the molecule is O=C(O)CC(=O)Nc1ccc(C(F)(F)F)cc1-c1ccc(C(F)(F)F)nc1. The number of anilines is 1. The standard InChI is InChI=1S/C16H10F6N2O3/c17-15(18,19)9-2-3-11(24-13(25)6-14(26)27)10(5-9)8-1-4-12(23-7-8)16(20,21)22/h1-5,7H,6H2,(H,24,25)(H,26,27). The molecule has 0 aliphatic heterocycles. The summed E-state index contributed by atoms with van der Waals surface area (Å²) in [7, 11) is 0. The lowest BCUT2D eigenvalue weighted by atomic mass is 10.0. The van der Waals surface area contributed by atoms with Gasteiger partial charge in [-0.05, 0) is 24.3 Å². The number of rotatable bonds is 4. The van der Waals surface area contributed by atoms with Crippen LogP contribution in [0.4, 0.5) is 32.0 Å². The van der Waals surface area contributed by atoms with Crippen molar-refractivity contribution in [3.05, 3.63) is 47.8 Å². The highest BCUT2D eigenvalue weighted by atomic mass is 19.4. The van der Waals surface area contributed by atoms with E-state index in [9.17, 15) is 35.9 Å². The Kier molecular flexibility index (Phi) is 5.43. The number of carboxylic acids is 1. The van der Waals surface area contributed by atoms with E-state index in [1.54, 1.807) is 0 Å². The number of nitrogens with zero attached hydrogens (tertiary/aromatic N) is 1. The molecule has 0 saturated heterocycles. The smallest absolute Gasteiger partial charge is 0.433 e. The van der Waals surface area contributed by atoms with Crippen molar-refractivity contribution in [2.45, 2.75) is 18.8 Å². The van der Waals surface area contributed by atoms with Gasteiger partial charge in [0.2, 0.25) is 5.91 Å². The number of pyridine rings is 1. The van der Waals surface area contributed by atoms with Crippen LogP contribution in [0.1, 0.15) is 17.7 Å². The summed E-state index contributed by atoms with van der Waals surface area (Å²) >= 11 is 0. The number of aromatic nitrogens is 1. The monoisotopic (exact) mass is 392 g/mol. The molecule has 0 saturated carbocycles. The van der Waals surface area contributed by atoms with Gasteiger partial charge in [-0.25, -0.2) is 0 Å². The maximum absolute atomic E-state index is 12.9. The summed E-state index contributed by atoms with van der Waals surface area (Å²) in [5.74, 6) is -2.47. The Morgan fingerprint density at radius 3 is 2.15 bits per heavy atom. The lowest BCUT2D eigenvalue weighted by Gasteiger charge is -2.15. The largest absolute Gasteiger partial charge is 0.481 e. The fourth-order valence-electron chi connectivity index (χ4n) is 2.12. The fraction of sp³-hybridized carbons (Fsp3) is 0.188. The molecule has 11 heteroatoms. The first-order chi connectivity index (χ1) is 12.4. The van der Waals surface area contributed by atoms with Gasteiger partial charge in [0, 0.05) is 23.0 Å². The third kappa shape index (κ3) is 5.19. The number of halogens is 6. The Bertz CT molecular complexity index is 860. The molecule has 0 aliphatic rings. The number of amides is 1. The second kappa shape index (κ2) is 7.25. The lowest BCUT2D eigenvalue weighted by molar-refractivity contribution is -0.141. The molecule has 0 bridgehead atoms. The van der Waals surface area contributed by atoms with Gasteiger partial charge in [0.05, 0.1) is 5.56 Å². The zero-order valence-corrected chi connectivity index (χ0v) is 13.1. The van der Waals surface area contributed by atoms with Gasteiger partial charge in [-0.3, -0.25) is 14.6 Å². The first-order valence-corrected chi connectivity index (χ1v) is 7.14. The van der Waals surface area contributed by atoms with Gasteiger partial charge in [-0.2, -0.15) is 26.3 Å². The van der Waals surface area contributed by atoms with Crippen LogP contribution in [0.25, 0.3) is 11.1 Å². The predicted molar refractivity (Wildman–Crippen MR) is 80.6 cm³/mol. The van der Waals surface area contributed by atoms with Gasteiger partial charge in [0.25, 0.3) is 0 Å². The Balaban J connectivity index is 2.49. The van der Waals surface area contributed by atoms with Crippen molar-refractivity contribution in [3.63, 3.8) is 0 Å². The molecule has 0 spiro atoms. The van der Waals surface area contributed by atoms with Crippen LogP contribution < -0.4 is 5.32 Å². The topological polar surface area (TPSA) is 79.3 Å². The van der Waals surface area contributed by atoms with Gasteiger partial charge in [0.1, 0.15) is 12.1 Å². The van der Waals surface area contributed by atoms with Crippen LogP contribution in [0.2, 0.25) is 0 Å². The minimum atomic E-state index is -4.74. The van der Waals surface area contributed by atoms with E-state index in [2.05, 4.69) is 10.3 Å². The molecule has 0 atom stereocenters. The highest BCUT2D eigenvalue weighted by Gasteiger charge is 2.33. The van der Waals surface area contributed by atoms with Crippen LogP contribution in [0.3, 0.4) is 0 Å². The lowest BCUT2D eigenvalue weighted by Crippen LogP contribution is -2.17. The zero-order chi connectivity index (χ0) is 20.4. The summed E-state index contributed by atoms with van der Waals surface area (Å²) in [6.07, 6.45) is -9.69. The zero-order valence-electron chi connectivity index (χ0n) is 13.1. The Morgan fingerprint density at radius 2 is 1.67 bits per heavy atom. The van der Waals surface area contributed by atoms with Gasteiger partial charge in [-0.1, -0.05) is 6.07 Å². The van der Waals surface area contributed by atoms with E-state index in [0.29, 0.717) is 24.4 Å². The summed E-state index contributed by atoms with van der Waals surface area (Å²) in [4.78, 5) is 25.3. The molecule has 2 N–H and O–H groups in total. The van der Waals surface area contributed by atoms with Crippen molar-refractivity contribution in [2.75, 3.05) is 5.32 Å². The average molecular weight is 392 g/mol. The molecule has 0 fully saturated rings. The molecule has 2 rings (SSSR count). The first-order valence-electron chi connectivity index (χ1n) is 7.14. The van der Waals surface area contributed by atoms with Crippen molar-refractivity contribution in [3.8, 4) is 11.1 Å². The quantitative estimate of drug-likeness (QED) is 0.604. The Morgan fingerprint density at radius 1 is 1.00 bits per heavy atom. The third-order valence-corrected chi connectivity index (χ3v) is 3.30. The molecule has 27 heavy (non-hydrogen) atoms. The minimum absolute atomic E-state index is 0.125. The predicted octanol–water partition coefficient (Wildman–Crippen LogP) is 4.20. The molecule has 1 aromatic heterocycles. The van der Waals surface area contributed by atoms with E-state index < -0.39 is 41.9 Å². The Hall–Kier alpha value is -3.11. The van der Waals surface area contributed by atoms with E-state index in [0.717, 1.165) is 12.1 Å². The molecule has 5 nitrogen and oxygen atoms in total. The molecule has 0 radical (unpaired) electrons. The van der Waals surface area contributed by atoms with E-state index in [1.807, 2.05) is 0 Å².